The first-order valence-corrected chi connectivity index (χ1v) is 9.73. The van der Waals surface area contributed by atoms with Gasteiger partial charge in [-0.3, -0.25) is 9.59 Å². The number of nitrogens with zero attached hydrogens (tertiary/aromatic N) is 2. The van der Waals surface area contributed by atoms with Gasteiger partial charge in [0.25, 0.3) is 5.91 Å². The van der Waals surface area contributed by atoms with Gasteiger partial charge in [0, 0.05) is 53.2 Å². The third kappa shape index (κ3) is 3.37. The van der Waals surface area contributed by atoms with E-state index in [4.69, 9.17) is 0 Å². The zero-order valence-corrected chi connectivity index (χ0v) is 16.6. The van der Waals surface area contributed by atoms with Crippen LogP contribution in [0.3, 0.4) is 0 Å². The molecular weight excluding hydrogens is 406 g/mol. The third-order valence-corrected chi connectivity index (χ3v) is 6.05. The van der Waals surface area contributed by atoms with Crippen LogP contribution < -0.4 is 10.2 Å². The highest BCUT2D eigenvalue weighted by Crippen LogP contribution is 2.38. The number of hydrogen-bond acceptors (Lipinski definition) is 3. The number of amides is 2. The van der Waals surface area contributed by atoms with Crippen molar-refractivity contribution in [1.29, 1.82) is 0 Å². The molecule has 4 rings (SSSR count). The van der Waals surface area contributed by atoms with Gasteiger partial charge in [-0.1, -0.05) is 28.1 Å². The first-order chi connectivity index (χ1) is 13.1. The van der Waals surface area contributed by atoms with E-state index in [-0.39, 0.29) is 5.91 Å². The molecule has 0 radical (unpaired) electrons. The Bertz CT molecular complexity index is 929. The highest BCUT2D eigenvalue weighted by Gasteiger charge is 2.26. The maximum atomic E-state index is 12.4. The minimum absolute atomic E-state index is 0.0692. The maximum Gasteiger partial charge on any atom is 0.256 e. The summed E-state index contributed by atoms with van der Waals surface area (Å²) < 4.78 is 0.994. The van der Waals surface area contributed by atoms with Crippen LogP contribution in [0, 0.1) is 6.92 Å². The minimum Gasteiger partial charge on any atom is -0.368 e. The predicted molar refractivity (Wildman–Crippen MR) is 112 cm³/mol. The molecule has 5 nitrogen and oxygen atoms in total. The molecule has 2 aromatic carbocycles. The van der Waals surface area contributed by atoms with Crippen molar-refractivity contribution in [2.45, 2.75) is 6.92 Å². The van der Waals surface area contributed by atoms with E-state index >= 15 is 0 Å². The lowest BCUT2D eigenvalue weighted by molar-refractivity contribution is -0.118. The van der Waals surface area contributed by atoms with Crippen LogP contribution in [0.5, 0.6) is 0 Å². The van der Waals surface area contributed by atoms with Gasteiger partial charge >= 0.3 is 0 Å². The molecular formula is C21H20BrN3O2. The van der Waals surface area contributed by atoms with Crippen LogP contribution in [0.4, 0.5) is 11.4 Å². The van der Waals surface area contributed by atoms with Crippen molar-refractivity contribution in [1.82, 2.24) is 4.90 Å². The van der Waals surface area contributed by atoms with Gasteiger partial charge in [-0.15, -0.1) is 0 Å². The minimum atomic E-state index is -0.0692. The van der Waals surface area contributed by atoms with Gasteiger partial charge in [-0.05, 0) is 48.4 Å². The van der Waals surface area contributed by atoms with E-state index < -0.39 is 0 Å². The van der Waals surface area contributed by atoms with Crippen molar-refractivity contribution in [3.63, 3.8) is 0 Å². The van der Waals surface area contributed by atoms with Crippen molar-refractivity contribution in [3.8, 4) is 0 Å². The van der Waals surface area contributed by atoms with Crippen molar-refractivity contribution < 1.29 is 9.59 Å². The van der Waals surface area contributed by atoms with E-state index in [0.717, 1.165) is 65.1 Å². The molecule has 0 saturated carbocycles. The van der Waals surface area contributed by atoms with Gasteiger partial charge in [0.05, 0.1) is 0 Å². The summed E-state index contributed by atoms with van der Waals surface area (Å²) in [6.45, 7) is 5.18. The number of hydrogen-bond donors (Lipinski definition) is 1. The number of rotatable bonds is 3. The van der Waals surface area contributed by atoms with Crippen molar-refractivity contribution in [2.24, 2.45) is 0 Å². The van der Waals surface area contributed by atoms with E-state index in [1.807, 2.05) is 37.3 Å². The van der Waals surface area contributed by atoms with Crippen LogP contribution in [-0.2, 0) is 9.59 Å². The van der Waals surface area contributed by atoms with E-state index in [1.54, 1.807) is 4.90 Å². The average Bonchev–Trinajstić information content (AvgIpc) is 3.01. The number of halogens is 1. The lowest BCUT2D eigenvalue weighted by Crippen LogP contribution is -2.45. The molecule has 0 atom stereocenters. The summed E-state index contributed by atoms with van der Waals surface area (Å²) >= 11 is 3.55. The van der Waals surface area contributed by atoms with Gasteiger partial charge < -0.3 is 15.1 Å². The second-order valence-corrected chi connectivity index (χ2v) is 7.68. The summed E-state index contributed by atoms with van der Waals surface area (Å²) in [6, 6.07) is 12.1. The molecule has 1 N–H and O–H groups in total. The maximum absolute atomic E-state index is 12.4. The topological polar surface area (TPSA) is 52.7 Å². The fraction of sp³-hybridized carbons (Fsp3) is 0.238. The van der Waals surface area contributed by atoms with Crippen LogP contribution >= 0.6 is 15.9 Å². The molecule has 1 fully saturated rings. The molecule has 0 bridgehead atoms. The van der Waals surface area contributed by atoms with Crippen molar-refractivity contribution in [3.05, 3.63) is 57.6 Å². The Hall–Kier alpha value is -2.60. The normalized spacial score (nSPS) is 17.9. The number of benzene rings is 2. The van der Waals surface area contributed by atoms with Crippen LogP contribution in [0.1, 0.15) is 16.7 Å². The number of carbonyl (C=O) groups excluding carboxylic acids is 2. The van der Waals surface area contributed by atoms with Gasteiger partial charge in [0.2, 0.25) is 6.41 Å². The molecule has 1 saturated heterocycles. The second-order valence-electron chi connectivity index (χ2n) is 6.83. The first-order valence-electron chi connectivity index (χ1n) is 8.93. The first kappa shape index (κ1) is 17.8. The Morgan fingerprint density at radius 3 is 2.41 bits per heavy atom. The summed E-state index contributed by atoms with van der Waals surface area (Å²) in [4.78, 5) is 27.3. The average molecular weight is 426 g/mol. The molecule has 0 unspecified atom stereocenters. The van der Waals surface area contributed by atoms with Crippen molar-refractivity contribution in [2.75, 3.05) is 36.4 Å². The second kappa shape index (κ2) is 7.19. The standard InChI is InChI=1S/C21H20BrN3O2/c1-14-18(22)6-7-19-20(14)17(21(27)23-19)12-15-2-4-16(5-3-15)25-10-8-24(13-26)9-11-25/h2-7,12-13H,8-11H2,1H3,(H,23,27). The molecule has 0 aliphatic carbocycles. The van der Waals surface area contributed by atoms with E-state index in [2.05, 4.69) is 38.3 Å². The number of anilines is 2. The Morgan fingerprint density at radius 1 is 1.04 bits per heavy atom. The number of nitrogens with one attached hydrogen (secondary N) is 1. The van der Waals surface area contributed by atoms with Crippen LogP contribution in [-0.4, -0.2) is 43.4 Å². The van der Waals surface area contributed by atoms with Crippen LogP contribution in [0.25, 0.3) is 11.6 Å². The molecule has 0 aromatic heterocycles. The summed E-state index contributed by atoms with van der Waals surface area (Å²) in [5.41, 5.74) is 5.69. The van der Waals surface area contributed by atoms with Crippen LogP contribution in [0.15, 0.2) is 40.9 Å². The third-order valence-electron chi connectivity index (χ3n) is 5.19. The molecule has 27 heavy (non-hydrogen) atoms. The molecule has 2 amide bonds. The predicted octanol–water partition coefficient (Wildman–Crippen LogP) is 3.53. The molecule has 6 heteroatoms. The largest absolute Gasteiger partial charge is 0.368 e. The van der Waals surface area contributed by atoms with Gasteiger partial charge in [-0.2, -0.15) is 0 Å². The Kier molecular flexibility index (Phi) is 4.74. The van der Waals surface area contributed by atoms with Gasteiger partial charge in [-0.25, -0.2) is 0 Å². The fourth-order valence-electron chi connectivity index (χ4n) is 3.61. The summed E-state index contributed by atoms with van der Waals surface area (Å²) in [7, 11) is 0. The summed E-state index contributed by atoms with van der Waals surface area (Å²) in [5, 5.41) is 2.94. The lowest BCUT2D eigenvalue weighted by Gasteiger charge is -2.34. The molecule has 2 heterocycles. The summed E-state index contributed by atoms with van der Waals surface area (Å²) in [6.07, 6.45) is 2.85. The van der Waals surface area contributed by atoms with E-state index in [1.165, 1.54) is 0 Å². The fourth-order valence-corrected chi connectivity index (χ4v) is 3.94. The smallest absolute Gasteiger partial charge is 0.256 e. The zero-order valence-electron chi connectivity index (χ0n) is 15.0. The number of carbonyl (C=O) groups is 2. The lowest BCUT2D eigenvalue weighted by atomic mass is 9.99. The Labute approximate surface area is 166 Å². The highest BCUT2D eigenvalue weighted by molar-refractivity contribution is 9.10. The van der Waals surface area contributed by atoms with Crippen molar-refractivity contribution >= 4 is 51.3 Å². The molecule has 138 valence electrons. The Morgan fingerprint density at radius 2 is 1.74 bits per heavy atom. The Balaban J connectivity index is 1.58. The number of fused-ring (bicyclic) bond motifs is 1. The zero-order chi connectivity index (χ0) is 19.0. The van der Waals surface area contributed by atoms with E-state index in [9.17, 15) is 9.59 Å². The van der Waals surface area contributed by atoms with Crippen LogP contribution in [0.2, 0.25) is 0 Å². The van der Waals surface area contributed by atoms with Gasteiger partial charge in [0.15, 0.2) is 0 Å². The monoisotopic (exact) mass is 425 g/mol. The van der Waals surface area contributed by atoms with E-state index in [0.29, 0.717) is 5.57 Å². The molecule has 2 aliphatic rings. The summed E-state index contributed by atoms with van der Waals surface area (Å²) in [5.74, 6) is -0.0692. The molecule has 0 spiro atoms. The quantitative estimate of drug-likeness (QED) is 0.604. The molecule has 2 aromatic rings. The highest BCUT2D eigenvalue weighted by atomic mass is 79.9. The van der Waals surface area contributed by atoms with Gasteiger partial charge in [0.1, 0.15) is 0 Å². The molecule has 2 aliphatic heterocycles. The SMILES string of the molecule is Cc1c(Br)ccc2c1C(=Cc1ccc(N3CCN(C=O)CC3)cc1)C(=O)N2. The number of piperazine rings is 1.